The summed E-state index contributed by atoms with van der Waals surface area (Å²) in [6, 6.07) is 15.8. The van der Waals surface area contributed by atoms with Gasteiger partial charge in [0.1, 0.15) is 5.82 Å². The molecule has 0 bridgehead atoms. The number of likely N-dealkylation sites (N-methyl/N-ethyl adjacent to an activating group) is 1. The van der Waals surface area contributed by atoms with Crippen LogP contribution in [-0.4, -0.2) is 77.3 Å². The molecule has 1 aromatic heterocycles. The van der Waals surface area contributed by atoms with E-state index in [4.69, 9.17) is 4.74 Å². The van der Waals surface area contributed by atoms with Gasteiger partial charge in [-0.3, -0.25) is 0 Å². The van der Waals surface area contributed by atoms with Gasteiger partial charge in [-0.25, -0.2) is 19.1 Å². The van der Waals surface area contributed by atoms with Crippen LogP contribution in [0.1, 0.15) is 51.4 Å². The van der Waals surface area contributed by atoms with Crippen LogP contribution < -0.4 is 15.0 Å². The van der Waals surface area contributed by atoms with Crippen LogP contribution in [0.5, 0.6) is 5.75 Å². The number of ether oxygens (including phenoxy) is 1. The maximum atomic E-state index is 15.0. The number of carboxylic acid groups (broad SMARTS) is 1. The van der Waals surface area contributed by atoms with Crippen LogP contribution in [0.25, 0.3) is 0 Å². The zero-order valence-corrected chi connectivity index (χ0v) is 28.2. The lowest BCUT2D eigenvalue weighted by Gasteiger charge is -2.32. The van der Waals surface area contributed by atoms with E-state index in [2.05, 4.69) is 50.3 Å². The van der Waals surface area contributed by atoms with Crippen molar-refractivity contribution in [2.24, 2.45) is 0 Å². The molecule has 0 saturated carbocycles. The van der Waals surface area contributed by atoms with Gasteiger partial charge in [-0.2, -0.15) is 4.98 Å². The summed E-state index contributed by atoms with van der Waals surface area (Å²) in [5.41, 5.74) is 7.31. The van der Waals surface area contributed by atoms with E-state index in [1.165, 1.54) is 17.2 Å². The first-order chi connectivity index (χ1) is 22.5. The van der Waals surface area contributed by atoms with Gasteiger partial charge in [-0.15, -0.1) is 0 Å². The Morgan fingerprint density at radius 3 is 2.26 bits per heavy atom. The molecule has 1 aliphatic rings. The zero-order valence-electron chi connectivity index (χ0n) is 28.2. The lowest BCUT2D eigenvalue weighted by Crippen LogP contribution is -2.44. The molecule has 9 nitrogen and oxygen atoms in total. The number of hydrogen-bond acceptors (Lipinski definition) is 7. The average Bonchev–Trinajstić information content (AvgIpc) is 2.99. The first kappa shape index (κ1) is 33.8. The molecule has 2 N–H and O–H groups in total. The third kappa shape index (κ3) is 8.44. The minimum atomic E-state index is -1.15. The largest absolute Gasteiger partial charge is 0.490 e. The molecule has 47 heavy (non-hydrogen) atoms. The molecule has 1 aliphatic heterocycles. The molecule has 248 valence electrons. The molecule has 1 saturated heterocycles. The molecule has 5 rings (SSSR count). The average molecular weight is 641 g/mol. The number of aromatic nitrogens is 2. The molecular formula is C37H45FN6O3. The zero-order chi connectivity index (χ0) is 33.7. The number of anilines is 3. The second-order valence-corrected chi connectivity index (χ2v) is 12.6. The standard InChI is InChI=1S/C37H45FN6O3/c1-24-18-25(2)22-29(21-24)35(34-27(4)19-26(3)20-28(34)5)44(37(45)46)33-10-11-39-36(41-33)40-30-8-9-32(31(38)23-30)47-17-7-12-43-15-13-42(6)14-16-43/h8-11,18-23,35H,7,12-17H2,1-6H3,(H,45,46)(H,39,40,41). The number of piperazine rings is 1. The molecule has 1 unspecified atom stereocenters. The molecular weight excluding hydrogens is 595 g/mol. The van der Waals surface area contributed by atoms with Gasteiger partial charge in [0.05, 0.1) is 12.6 Å². The van der Waals surface area contributed by atoms with Crippen LogP contribution in [0.15, 0.2) is 60.8 Å². The van der Waals surface area contributed by atoms with Crippen LogP contribution in [-0.2, 0) is 0 Å². The van der Waals surface area contributed by atoms with Crippen LogP contribution in [0.2, 0.25) is 0 Å². The van der Waals surface area contributed by atoms with Crippen LogP contribution in [0.3, 0.4) is 0 Å². The van der Waals surface area contributed by atoms with E-state index in [0.29, 0.717) is 12.3 Å². The Bertz CT molecular complexity index is 1680. The highest BCUT2D eigenvalue weighted by Crippen LogP contribution is 2.37. The Balaban J connectivity index is 1.37. The Labute approximate surface area is 277 Å². The van der Waals surface area contributed by atoms with Gasteiger partial charge >= 0.3 is 6.09 Å². The quantitative estimate of drug-likeness (QED) is 0.167. The normalized spacial score (nSPS) is 14.5. The van der Waals surface area contributed by atoms with E-state index >= 15 is 4.39 Å². The van der Waals surface area contributed by atoms with Gasteiger partial charge in [0, 0.05) is 50.7 Å². The van der Waals surface area contributed by atoms with Crippen molar-refractivity contribution in [1.29, 1.82) is 0 Å². The molecule has 0 aliphatic carbocycles. The van der Waals surface area contributed by atoms with Crippen LogP contribution >= 0.6 is 0 Å². The number of carbonyl (C=O) groups is 1. The van der Waals surface area contributed by atoms with Gasteiger partial charge in [0.2, 0.25) is 5.95 Å². The summed E-state index contributed by atoms with van der Waals surface area (Å²) in [6.07, 6.45) is 1.16. The molecule has 1 atom stereocenters. The fraction of sp³-hybridized carbons (Fsp3) is 0.378. The van der Waals surface area contributed by atoms with Crippen molar-refractivity contribution in [3.63, 3.8) is 0 Å². The summed E-state index contributed by atoms with van der Waals surface area (Å²) in [6.45, 7) is 15.6. The molecule has 1 fully saturated rings. The summed E-state index contributed by atoms with van der Waals surface area (Å²) in [4.78, 5) is 28.0. The van der Waals surface area contributed by atoms with Gasteiger partial charge in [-0.05, 0) is 88.5 Å². The number of halogens is 1. The summed E-state index contributed by atoms with van der Waals surface area (Å²) >= 11 is 0. The highest BCUT2D eigenvalue weighted by molar-refractivity contribution is 5.87. The maximum Gasteiger partial charge on any atom is 0.413 e. The van der Waals surface area contributed by atoms with Gasteiger partial charge in [0.15, 0.2) is 11.6 Å². The number of nitrogens with zero attached hydrogens (tertiary/aromatic N) is 5. The second kappa shape index (κ2) is 14.9. The fourth-order valence-electron chi connectivity index (χ4n) is 6.49. The summed E-state index contributed by atoms with van der Waals surface area (Å²) < 4.78 is 20.8. The van der Waals surface area contributed by atoms with E-state index < -0.39 is 18.0 Å². The number of hydrogen-bond donors (Lipinski definition) is 2. The van der Waals surface area contributed by atoms with Crippen molar-refractivity contribution in [2.45, 2.75) is 47.1 Å². The van der Waals surface area contributed by atoms with E-state index in [1.54, 1.807) is 18.2 Å². The number of amides is 1. The second-order valence-electron chi connectivity index (χ2n) is 12.6. The Morgan fingerprint density at radius 2 is 1.62 bits per heavy atom. The first-order valence-electron chi connectivity index (χ1n) is 16.1. The topological polar surface area (TPSA) is 94.1 Å². The number of rotatable bonds is 11. The van der Waals surface area contributed by atoms with Crippen molar-refractivity contribution >= 4 is 23.5 Å². The Kier molecular flexibility index (Phi) is 10.7. The lowest BCUT2D eigenvalue weighted by atomic mass is 9.87. The van der Waals surface area contributed by atoms with Crippen LogP contribution in [0.4, 0.5) is 26.6 Å². The summed E-state index contributed by atoms with van der Waals surface area (Å²) in [5, 5.41) is 13.7. The van der Waals surface area contributed by atoms with Crippen LogP contribution in [0, 0.1) is 40.4 Å². The van der Waals surface area contributed by atoms with Crippen molar-refractivity contribution in [3.8, 4) is 5.75 Å². The Morgan fingerprint density at radius 1 is 0.957 bits per heavy atom. The molecule has 1 amide bonds. The van der Waals surface area contributed by atoms with E-state index in [9.17, 15) is 9.90 Å². The highest BCUT2D eigenvalue weighted by atomic mass is 19.1. The summed E-state index contributed by atoms with van der Waals surface area (Å²) in [7, 11) is 2.13. The minimum absolute atomic E-state index is 0.144. The third-order valence-corrected chi connectivity index (χ3v) is 8.58. The number of aryl methyl sites for hydroxylation is 5. The molecule has 0 spiro atoms. The number of benzene rings is 3. The highest BCUT2D eigenvalue weighted by Gasteiger charge is 2.32. The van der Waals surface area contributed by atoms with Crippen molar-refractivity contribution < 1.29 is 19.0 Å². The Hall–Kier alpha value is -4.54. The van der Waals surface area contributed by atoms with Crippen molar-refractivity contribution in [1.82, 2.24) is 19.8 Å². The smallest absolute Gasteiger partial charge is 0.413 e. The predicted molar refractivity (Wildman–Crippen MR) is 185 cm³/mol. The molecule has 3 aromatic carbocycles. The maximum absolute atomic E-state index is 15.0. The third-order valence-electron chi connectivity index (χ3n) is 8.58. The van der Waals surface area contributed by atoms with Gasteiger partial charge < -0.3 is 25.0 Å². The minimum Gasteiger partial charge on any atom is -0.490 e. The molecule has 10 heteroatoms. The van der Waals surface area contributed by atoms with E-state index in [1.807, 2.05) is 46.8 Å². The van der Waals surface area contributed by atoms with E-state index in [-0.39, 0.29) is 17.5 Å². The monoisotopic (exact) mass is 640 g/mol. The fourth-order valence-corrected chi connectivity index (χ4v) is 6.49. The van der Waals surface area contributed by atoms with Crippen molar-refractivity contribution in [3.05, 3.63) is 106 Å². The molecule has 2 heterocycles. The van der Waals surface area contributed by atoms with E-state index in [0.717, 1.165) is 78.1 Å². The van der Waals surface area contributed by atoms with Gasteiger partial charge in [-0.1, -0.05) is 47.0 Å². The lowest BCUT2D eigenvalue weighted by molar-refractivity contribution is 0.145. The number of nitrogens with one attached hydrogen (secondary N) is 1. The SMILES string of the molecule is Cc1cc(C)cc(C(c2c(C)cc(C)cc2C)N(C(=O)O)c2ccnc(Nc3ccc(OCCCN4CCN(C)CC4)c(F)c3)n2)c1. The molecule has 4 aromatic rings. The molecule has 0 radical (unpaired) electrons. The van der Waals surface area contributed by atoms with Gasteiger partial charge in [0.25, 0.3) is 0 Å². The predicted octanol–water partition coefficient (Wildman–Crippen LogP) is 7.19. The first-order valence-corrected chi connectivity index (χ1v) is 16.1. The summed E-state index contributed by atoms with van der Waals surface area (Å²) in [5.74, 6) is 0.0173. The van der Waals surface area contributed by atoms with Crippen molar-refractivity contribution in [2.75, 3.05) is 56.6 Å².